The smallest absolute Gasteiger partial charge is 0.335 e. The molecular formula is C29H36O8. The quantitative estimate of drug-likeness (QED) is 0.182. The molecule has 0 bridgehead atoms. The molecule has 0 spiro atoms. The lowest BCUT2D eigenvalue weighted by molar-refractivity contribution is -0.129. The van der Waals surface area contributed by atoms with E-state index in [0.29, 0.717) is 83.2 Å². The van der Waals surface area contributed by atoms with E-state index in [2.05, 4.69) is 13.2 Å². The maximum absolute atomic E-state index is 12.0. The van der Waals surface area contributed by atoms with Gasteiger partial charge in [-0.1, -0.05) is 13.2 Å². The van der Waals surface area contributed by atoms with Crippen molar-refractivity contribution in [2.45, 2.75) is 48.0 Å². The average Bonchev–Trinajstić information content (AvgIpc) is 2.88. The van der Waals surface area contributed by atoms with Gasteiger partial charge in [-0.25, -0.2) is 9.59 Å². The van der Waals surface area contributed by atoms with Crippen LogP contribution in [0.4, 0.5) is 0 Å². The fraction of sp³-hybridized carbons (Fsp3) is 0.379. The second-order valence-corrected chi connectivity index (χ2v) is 7.79. The SMILES string of the molecule is C=CC(=O)Oc1cc(Cc2cc(OC(=O)C=C)c(C)c(OCC)c2OCC)c(OCC)c(OCC)c1C. The number of hydrogen-bond donors (Lipinski definition) is 0. The van der Waals surface area contributed by atoms with Crippen LogP contribution in [0.5, 0.6) is 34.5 Å². The molecule has 200 valence electrons. The third kappa shape index (κ3) is 7.06. The molecular weight excluding hydrogens is 476 g/mol. The Labute approximate surface area is 218 Å². The van der Waals surface area contributed by atoms with Gasteiger partial charge in [0.05, 0.1) is 26.4 Å². The molecule has 37 heavy (non-hydrogen) atoms. The third-order valence-electron chi connectivity index (χ3n) is 5.32. The van der Waals surface area contributed by atoms with Gasteiger partial charge < -0.3 is 28.4 Å². The molecule has 0 saturated heterocycles. The zero-order valence-electron chi connectivity index (χ0n) is 22.5. The minimum Gasteiger partial charge on any atom is -0.490 e. The fourth-order valence-corrected chi connectivity index (χ4v) is 3.74. The molecule has 8 heteroatoms. The summed E-state index contributed by atoms with van der Waals surface area (Å²) in [5, 5.41) is 0. The Bertz CT molecular complexity index is 1060. The second-order valence-electron chi connectivity index (χ2n) is 7.79. The van der Waals surface area contributed by atoms with Crippen molar-refractivity contribution in [3.05, 3.63) is 59.7 Å². The van der Waals surface area contributed by atoms with Crippen LogP contribution in [0.3, 0.4) is 0 Å². The van der Waals surface area contributed by atoms with Crippen molar-refractivity contribution < 1.29 is 38.0 Å². The van der Waals surface area contributed by atoms with E-state index in [0.717, 1.165) is 12.2 Å². The van der Waals surface area contributed by atoms with Crippen LogP contribution in [0.2, 0.25) is 0 Å². The summed E-state index contributed by atoms with van der Waals surface area (Å²) in [6.07, 6.45) is 2.46. The van der Waals surface area contributed by atoms with E-state index in [4.69, 9.17) is 28.4 Å². The zero-order chi connectivity index (χ0) is 27.5. The molecule has 0 amide bonds. The van der Waals surface area contributed by atoms with E-state index in [1.165, 1.54) is 0 Å². The normalized spacial score (nSPS) is 10.3. The van der Waals surface area contributed by atoms with Gasteiger partial charge in [0.1, 0.15) is 11.5 Å². The van der Waals surface area contributed by atoms with Crippen molar-refractivity contribution in [3.8, 4) is 34.5 Å². The summed E-state index contributed by atoms with van der Waals surface area (Å²) in [5.74, 6) is 1.44. The van der Waals surface area contributed by atoms with Gasteiger partial charge in [0.25, 0.3) is 0 Å². The van der Waals surface area contributed by atoms with Crippen LogP contribution in [0, 0.1) is 13.8 Å². The lowest BCUT2D eigenvalue weighted by atomic mass is 9.98. The first-order valence-electron chi connectivity index (χ1n) is 12.3. The van der Waals surface area contributed by atoms with Gasteiger partial charge in [-0.15, -0.1) is 0 Å². The van der Waals surface area contributed by atoms with Gasteiger partial charge >= 0.3 is 11.9 Å². The molecule has 0 unspecified atom stereocenters. The molecule has 0 fully saturated rings. The molecule has 0 aliphatic carbocycles. The van der Waals surface area contributed by atoms with Crippen LogP contribution in [-0.4, -0.2) is 38.4 Å². The first-order chi connectivity index (χ1) is 17.8. The zero-order valence-corrected chi connectivity index (χ0v) is 22.5. The number of rotatable bonds is 14. The average molecular weight is 513 g/mol. The molecule has 2 rings (SSSR count). The summed E-state index contributed by atoms with van der Waals surface area (Å²) >= 11 is 0. The topological polar surface area (TPSA) is 89.5 Å². The monoisotopic (exact) mass is 512 g/mol. The second kappa shape index (κ2) is 14.0. The summed E-state index contributed by atoms with van der Waals surface area (Å²) in [4.78, 5) is 24.1. The molecule has 0 aliphatic rings. The van der Waals surface area contributed by atoms with E-state index >= 15 is 0 Å². The molecule has 0 N–H and O–H groups in total. The van der Waals surface area contributed by atoms with Crippen LogP contribution < -0.4 is 28.4 Å². The van der Waals surface area contributed by atoms with Crippen LogP contribution in [0.25, 0.3) is 0 Å². The van der Waals surface area contributed by atoms with Gasteiger partial charge in [-0.2, -0.15) is 0 Å². The minimum atomic E-state index is -0.594. The Morgan fingerprint density at radius 1 is 0.649 bits per heavy atom. The standard InChI is InChI=1S/C29H36O8/c1-9-24(30)36-22-16-20(28(34-13-5)26(18(22)7)32-11-3)15-21-17-23(37-25(31)10-2)19(8)27(33-12-4)29(21)35-14-6/h9-10,16-17H,1-2,11-15H2,3-8H3. The van der Waals surface area contributed by atoms with Crippen LogP contribution in [0.15, 0.2) is 37.4 Å². The van der Waals surface area contributed by atoms with Gasteiger partial charge in [-0.3, -0.25) is 0 Å². The first kappa shape index (κ1) is 29.3. The van der Waals surface area contributed by atoms with E-state index in [-0.39, 0.29) is 6.42 Å². The summed E-state index contributed by atoms with van der Waals surface area (Å²) in [7, 11) is 0. The number of carbonyl (C=O) groups is 2. The van der Waals surface area contributed by atoms with E-state index < -0.39 is 11.9 Å². The summed E-state index contributed by atoms with van der Waals surface area (Å²) < 4.78 is 34.9. The molecule has 0 saturated carbocycles. The van der Waals surface area contributed by atoms with Gasteiger partial charge in [-0.05, 0) is 53.7 Å². The molecule has 0 aliphatic heterocycles. The molecule has 0 aromatic heterocycles. The maximum Gasteiger partial charge on any atom is 0.335 e. The Hall–Kier alpha value is -3.94. The van der Waals surface area contributed by atoms with Crippen LogP contribution >= 0.6 is 0 Å². The van der Waals surface area contributed by atoms with Gasteiger partial charge in [0.2, 0.25) is 0 Å². The molecule has 2 aromatic rings. The van der Waals surface area contributed by atoms with Crippen LogP contribution in [0.1, 0.15) is 49.9 Å². The van der Waals surface area contributed by atoms with Crippen molar-refractivity contribution in [2.24, 2.45) is 0 Å². The van der Waals surface area contributed by atoms with Gasteiger partial charge in [0, 0.05) is 40.8 Å². The van der Waals surface area contributed by atoms with Crippen molar-refractivity contribution in [2.75, 3.05) is 26.4 Å². The highest BCUT2D eigenvalue weighted by molar-refractivity contribution is 5.84. The number of ether oxygens (including phenoxy) is 6. The maximum atomic E-state index is 12.0. The summed E-state index contributed by atoms with van der Waals surface area (Å²) in [5.41, 5.74) is 2.59. The molecule has 0 atom stereocenters. The van der Waals surface area contributed by atoms with Gasteiger partial charge in [0.15, 0.2) is 23.0 Å². The third-order valence-corrected chi connectivity index (χ3v) is 5.32. The van der Waals surface area contributed by atoms with Crippen molar-refractivity contribution >= 4 is 11.9 Å². The first-order valence-corrected chi connectivity index (χ1v) is 12.3. The molecule has 0 radical (unpaired) electrons. The highest BCUT2D eigenvalue weighted by Crippen LogP contribution is 2.46. The largest absolute Gasteiger partial charge is 0.490 e. The highest BCUT2D eigenvalue weighted by Gasteiger charge is 2.25. The number of carbonyl (C=O) groups excluding carboxylic acids is 2. The predicted octanol–water partition coefficient (Wildman–Crippen LogP) is 5.67. The highest BCUT2D eigenvalue weighted by atomic mass is 16.5. The number of hydrogen-bond acceptors (Lipinski definition) is 8. The van der Waals surface area contributed by atoms with E-state index in [1.807, 2.05) is 27.7 Å². The number of esters is 2. The lowest BCUT2D eigenvalue weighted by Crippen LogP contribution is -2.11. The minimum absolute atomic E-state index is 0.267. The Morgan fingerprint density at radius 2 is 0.973 bits per heavy atom. The van der Waals surface area contributed by atoms with Crippen molar-refractivity contribution in [3.63, 3.8) is 0 Å². The van der Waals surface area contributed by atoms with Crippen LogP contribution in [-0.2, 0) is 16.0 Å². The van der Waals surface area contributed by atoms with Crippen molar-refractivity contribution in [1.82, 2.24) is 0 Å². The Morgan fingerprint density at radius 3 is 1.27 bits per heavy atom. The summed E-state index contributed by atoms with van der Waals surface area (Å²) in [6.45, 7) is 19.5. The molecule has 8 nitrogen and oxygen atoms in total. The van der Waals surface area contributed by atoms with E-state index in [1.54, 1.807) is 26.0 Å². The predicted molar refractivity (Wildman–Crippen MR) is 142 cm³/mol. The number of benzene rings is 2. The Kier molecular flexibility index (Phi) is 11.1. The van der Waals surface area contributed by atoms with Crippen molar-refractivity contribution in [1.29, 1.82) is 0 Å². The Balaban J connectivity index is 2.83. The fourth-order valence-electron chi connectivity index (χ4n) is 3.74. The summed E-state index contributed by atoms with van der Waals surface area (Å²) in [6, 6.07) is 3.46. The molecule has 2 aromatic carbocycles. The van der Waals surface area contributed by atoms with E-state index in [9.17, 15) is 9.59 Å². The molecule has 0 heterocycles. The lowest BCUT2D eigenvalue weighted by Gasteiger charge is -2.22.